The van der Waals surface area contributed by atoms with Crippen molar-refractivity contribution < 1.29 is 31.2 Å². The fraction of sp³-hybridized carbons (Fsp3) is 0.296. The number of hydrogen-bond acceptors (Lipinski definition) is 7. The van der Waals surface area contributed by atoms with E-state index in [0.29, 0.717) is 4.31 Å². The molecule has 15 heteroatoms. The van der Waals surface area contributed by atoms with E-state index in [9.17, 15) is 36.4 Å². The van der Waals surface area contributed by atoms with Crippen molar-refractivity contribution in [2.24, 2.45) is 0 Å². The van der Waals surface area contributed by atoms with E-state index in [4.69, 9.17) is 11.6 Å². The van der Waals surface area contributed by atoms with Crippen molar-refractivity contribution in [1.82, 2.24) is 15.3 Å². The van der Waals surface area contributed by atoms with Crippen LogP contribution in [-0.4, -0.2) is 53.5 Å². The van der Waals surface area contributed by atoms with Crippen LogP contribution >= 0.6 is 11.6 Å². The van der Waals surface area contributed by atoms with Crippen LogP contribution in [0, 0.1) is 17.1 Å². The van der Waals surface area contributed by atoms with Gasteiger partial charge in [-0.1, -0.05) is 29.8 Å². The lowest BCUT2D eigenvalue weighted by Gasteiger charge is -2.43. The van der Waals surface area contributed by atoms with Crippen LogP contribution in [0.3, 0.4) is 0 Å². The van der Waals surface area contributed by atoms with Crippen molar-refractivity contribution in [1.29, 1.82) is 5.26 Å². The number of hydrogen-bond donors (Lipinski definition) is 2. The van der Waals surface area contributed by atoms with Gasteiger partial charge in [0.25, 0.3) is 11.8 Å². The van der Waals surface area contributed by atoms with Crippen LogP contribution in [0.25, 0.3) is 0 Å². The van der Waals surface area contributed by atoms with Crippen molar-refractivity contribution in [2.45, 2.75) is 42.7 Å². The minimum atomic E-state index is -4.39. The van der Waals surface area contributed by atoms with E-state index in [-0.39, 0.29) is 27.7 Å². The van der Waals surface area contributed by atoms with Gasteiger partial charge in [0, 0.05) is 36.2 Å². The summed E-state index contributed by atoms with van der Waals surface area (Å²) in [7, 11) is -4.39. The molecule has 0 bridgehead atoms. The summed E-state index contributed by atoms with van der Waals surface area (Å²) in [5.41, 5.74) is -2.43. The Labute approximate surface area is 243 Å². The Morgan fingerprint density at radius 2 is 1.90 bits per heavy atom. The van der Waals surface area contributed by atoms with Gasteiger partial charge in [0.15, 0.2) is 5.54 Å². The third-order valence-electron chi connectivity index (χ3n) is 7.21. The first-order valence-corrected chi connectivity index (χ1v) is 14.6. The molecular weight excluding hydrogens is 597 g/mol. The van der Waals surface area contributed by atoms with Crippen LogP contribution in [0.2, 0.25) is 5.02 Å². The highest BCUT2D eigenvalue weighted by atomic mass is 35.5. The number of amides is 2. The number of sulfonamides is 1. The number of carbonyl (C=O) groups is 2. The number of alkyl halides is 2. The second-order valence-corrected chi connectivity index (χ2v) is 12.4. The molecule has 2 atom stereocenters. The molecule has 5 rings (SSSR count). The largest absolute Gasteiger partial charge is 0.352 e. The molecule has 42 heavy (non-hydrogen) atoms. The van der Waals surface area contributed by atoms with Crippen molar-refractivity contribution >= 4 is 44.9 Å². The van der Waals surface area contributed by atoms with Crippen molar-refractivity contribution in [3.8, 4) is 6.07 Å². The lowest BCUT2D eigenvalue weighted by molar-refractivity contribution is -0.135. The topological polar surface area (TPSA) is 145 Å². The van der Waals surface area contributed by atoms with E-state index in [1.165, 1.54) is 30.5 Å². The Hall–Kier alpha value is -4.22. The summed E-state index contributed by atoms with van der Waals surface area (Å²) in [6, 6.07) is 10.3. The molecule has 2 N–H and O–H groups in total. The number of rotatable bonds is 7. The minimum absolute atomic E-state index is 0.000769. The first-order valence-electron chi connectivity index (χ1n) is 12.6. The Balaban J connectivity index is 1.73. The lowest BCUT2D eigenvalue weighted by atomic mass is 9.74. The average molecular weight is 619 g/mol. The van der Waals surface area contributed by atoms with Crippen LogP contribution < -0.4 is 14.9 Å². The highest BCUT2D eigenvalue weighted by Crippen LogP contribution is 2.48. The van der Waals surface area contributed by atoms with E-state index in [2.05, 4.69) is 20.6 Å². The maximum Gasteiger partial charge on any atom is 0.252 e. The fourth-order valence-corrected chi connectivity index (χ4v) is 7.52. The smallest absolute Gasteiger partial charge is 0.252 e. The number of nitrogens with zero attached hydrogens (tertiary/aromatic N) is 4. The molecule has 0 radical (unpaired) electrons. The van der Waals surface area contributed by atoms with E-state index < -0.39 is 76.1 Å². The fourth-order valence-electron chi connectivity index (χ4n) is 5.36. The van der Waals surface area contributed by atoms with Crippen molar-refractivity contribution in [3.63, 3.8) is 0 Å². The monoisotopic (exact) mass is 618 g/mol. The molecule has 218 valence electrons. The molecule has 1 aliphatic carbocycles. The molecule has 0 spiro atoms. The Morgan fingerprint density at radius 3 is 2.57 bits per heavy atom. The van der Waals surface area contributed by atoms with Gasteiger partial charge in [-0.25, -0.2) is 30.9 Å². The summed E-state index contributed by atoms with van der Waals surface area (Å²) >= 11 is 6.51. The molecule has 3 aromatic rings. The Kier molecular flexibility index (Phi) is 7.59. The van der Waals surface area contributed by atoms with E-state index in [1.54, 1.807) is 6.07 Å². The Morgan fingerprint density at radius 1 is 1.17 bits per heavy atom. The highest BCUT2D eigenvalue weighted by Gasteiger charge is 2.63. The molecule has 2 aromatic heterocycles. The molecule has 10 nitrogen and oxygen atoms in total. The molecule has 1 aromatic carbocycles. The summed E-state index contributed by atoms with van der Waals surface area (Å²) < 4.78 is 69.4. The zero-order valence-electron chi connectivity index (χ0n) is 21.6. The molecule has 1 unspecified atom stereocenters. The molecule has 2 amide bonds. The maximum atomic E-state index is 14.4. The van der Waals surface area contributed by atoms with Gasteiger partial charge in [0.1, 0.15) is 11.6 Å². The molecule has 2 aliphatic rings. The predicted molar refractivity (Wildman–Crippen MR) is 146 cm³/mol. The van der Waals surface area contributed by atoms with E-state index in [0.717, 1.165) is 24.5 Å². The SMILES string of the molecule is N#Cc1ccnc(N2C(C(=O)Nc3cncc(F)c3)([C@H](C(=O)NC3CC(F)(F)C3)c3ccccc3Cl)CCS2(=O)=O)c1. The molecule has 1 saturated heterocycles. The number of nitrogens with one attached hydrogen (secondary N) is 2. The third kappa shape index (κ3) is 5.37. The second-order valence-electron chi connectivity index (χ2n) is 10.0. The van der Waals surface area contributed by atoms with Gasteiger partial charge >= 0.3 is 0 Å². The van der Waals surface area contributed by atoms with Gasteiger partial charge in [0.05, 0.1) is 41.4 Å². The summed E-state index contributed by atoms with van der Waals surface area (Å²) in [5.74, 6) is -8.44. The quantitative estimate of drug-likeness (QED) is 0.410. The van der Waals surface area contributed by atoms with E-state index >= 15 is 0 Å². The zero-order valence-corrected chi connectivity index (χ0v) is 23.2. The molecule has 1 saturated carbocycles. The summed E-state index contributed by atoms with van der Waals surface area (Å²) in [6.07, 6.45) is 1.42. The van der Waals surface area contributed by atoms with Gasteiger partial charge in [0.2, 0.25) is 15.9 Å². The number of benzene rings is 1. The molecule has 1 aliphatic heterocycles. The van der Waals surface area contributed by atoms with Crippen LogP contribution in [0.4, 0.5) is 24.7 Å². The highest BCUT2D eigenvalue weighted by molar-refractivity contribution is 7.93. The van der Waals surface area contributed by atoms with Crippen LogP contribution in [0.15, 0.2) is 61.1 Å². The van der Waals surface area contributed by atoms with Gasteiger partial charge in [-0.05, 0) is 30.2 Å². The Bertz CT molecular complexity index is 1710. The van der Waals surface area contributed by atoms with Gasteiger partial charge in [-0.15, -0.1) is 0 Å². The standard InChI is InChI=1S/C27H22ClF3N6O4S/c28-21-4-2-1-3-20(21)23(24(38)35-19-11-26(30,31)12-19)27(25(39)36-18-10-17(29)14-33-15-18)6-8-42(40,41)37(27)22-9-16(13-32)5-7-34-22/h1-5,7,9-10,14-15,19,23H,6,8,11-12H2,(H,35,38)(H,36,39)/t23-,27?/m0/s1. The van der Waals surface area contributed by atoms with Crippen molar-refractivity contribution in [3.05, 3.63) is 83.0 Å². The number of carbonyl (C=O) groups excluding carboxylic acids is 2. The predicted octanol–water partition coefficient (Wildman–Crippen LogP) is 3.76. The number of nitriles is 1. The summed E-state index contributed by atoms with van der Waals surface area (Å²) in [5, 5.41) is 14.5. The van der Waals surface area contributed by atoms with E-state index in [1.807, 2.05) is 6.07 Å². The number of pyridine rings is 2. The van der Waals surface area contributed by atoms with Gasteiger partial charge in [-0.2, -0.15) is 5.26 Å². The average Bonchev–Trinajstić information content (AvgIpc) is 3.20. The van der Waals surface area contributed by atoms with Crippen molar-refractivity contribution in [2.75, 3.05) is 15.4 Å². The lowest BCUT2D eigenvalue weighted by Crippen LogP contribution is -2.63. The maximum absolute atomic E-state index is 14.4. The summed E-state index contributed by atoms with van der Waals surface area (Å²) in [6.45, 7) is 0. The minimum Gasteiger partial charge on any atom is -0.352 e. The summed E-state index contributed by atoms with van der Waals surface area (Å²) in [4.78, 5) is 36.2. The third-order valence-corrected chi connectivity index (χ3v) is 9.35. The van der Waals surface area contributed by atoms with Crippen LogP contribution in [-0.2, 0) is 19.6 Å². The zero-order chi connectivity index (χ0) is 30.3. The number of anilines is 2. The van der Waals surface area contributed by atoms with Gasteiger partial charge < -0.3 is 10.6 Å². The first kappa shape index (κ1) is 29.3. The molecule has 3 heterocycles. The molecule has 2 fully saturated rings. The first-order chi connectivity index (χ1) is 19.9. The van der Waals surface area contributed by atoms with Crippen LogP contribution in [0.5, 0.6) is 0 Å². The van der Waals surface area contributed by atoms with Gasteiger partial charge in [-0.3, -0.25) is 14.6 Å². The second kappa shape index (κ2) is 10.9. The molecular formula is C27H22ClF3N6O4S. The normalized spacial score (nSPS) is 21.5. The van der Waals surface area contributed by atoms with Crippen LogP contribution in [0.1, 0.15) is 36.3 Å². The number of halogens is 4. The number of aromatic nitrogens is 2.